The van der Waals surface area contributed by atoms with Gasteiger partial charge in [0.25, 0.3) is 5.91 Å². The predicted molar refractivity (Wildman–Crippen MR) is 93.4 cm³/mol. The number of fused-ring (bicyclic) bond motifs is 1. The fourth-order valence-electron chi connectivity index (χ4n) is 3.15. The monoisotopic (exact) mass is 337 g/mol. The Hall–Kier alpha value is -2.86. The van der Waals surface area contributed by atoms with Crippen LogP contribution in [0.5, 0.6) is 5.75 Å². The summed E-state index contributed by atoms with van der Waals surface area (Å²) in [4.78, 5) is 21.8. The van der Waals surface area contributed by atoms with Crippen LogP contribution in [0.4, 0.5) is 0 Å². The van der Waals surface area contributed by atoms with E-state index in [1.165, 1.54) is 0 Å². The number of nitrogens with one attached hydrogen (secondary N) is 1. The Morgan fingerprint density at radius 2 is 2.12 bits per heavy atom. The second-order valence-electron chi connectivity index (χ2n) is 6.17. The van der Waals surface area contributed by atoms with Crippen LogP contribution >= 0.6 is 0 Å². The van der Waals surface area contributed by atoms with E-state index in [4.69, 9.17) is 9.84 Å². The summed E-state index contributed by atoms with van der Waals surface area (Å²) >= 11 is 0. The number of aromatic nitrogens is 2. The second-order valence-corrected chi connectivity index (χ2v) is 6.17. The minimum absolute atomic E-state index is 0.0128. The Bertz CT molecular complexity index is 891. The largest absolute Gasteiger partial charge is 0.489 e. The van der Waals surface area contributed by atoms with Crippen molar-refractivity contribution >= 4 is 16.9 Å². The van der Waals surface area contributed by atoms with Gasteiger partial charge in [-0.3, -0.25) is 4.79 Å². The topological polar surface area (TPSA) is 78.4 Å². The van der Waals surface area contributed by atoms with Gasteiger partial charge in [0.05, 0.1) is 17.6 Å². The molecular weight excluding hydrogens is 318 g/mol. The molecule has 25 heavy (non-hydrogen) atoms. The van der Waals surface area contributed by atoms with E-state index in [1.807, 2.05) is 35.2 Å². The van der Waals surface area contributed by atoms with Gasteiger partial charge in [0.2, 0.25) is 0 Å². The van der Waals surface area contributed by atoms with Crippen molar-refractivity contribution in [3.05, 3.63) is 59.9 Å². The molecular formula is C19H19N3O3. The summed E-state index contributed by atoms with van der Waals surface area (Å²) in [6, 6.07) is 15.0. The first-order valence-electron chi connectivity index (χ1n) is 8.33. The van der Waals surface area contributed by atoms with E-state index in [9.17, 15) is 4.79 Å². The van der Waals surface area contributed by atoms with Crippen LogP contribution in [0.25, 0.3) is 11.0 Å². The van der Waals surface area contributed by atoms with E-state index >= 15 is 0 Å². The number of imidazole rings is 1. The lowest BCUT2D eigenvalue weighted by Crippen LogP contribution is -2.30. The second kappa shape index (κ2) is 6.57. The highest BCUT2D eigenvalue weighted by atomic mass is 16.5. The molecule has 3 aromatic rings. The summed E-state index contributed by atoms with van der Waals surface area (Å²) in [5.74, 6) is 1.32. The predicted octanol–water partition coefficient (Wildman–Crippen LogP) is 2.35. The highest BCUT2D eigenvalue weighted by molar-refractivity contribution is 5.97. The van der Waals surface area contributed by atoms with E-state index in [1.54, 1.807) is 18.2 Å². The smallest absolute Gasteiger partial charge is 0.254 e. The van der Waals surface area contributed by atoms with Gasteiger partial charge in [0.1, 0.15) is 24.3 Å². The summed E-state index contributed by atoms with van der Waals surface area (Å²) in [6.45, 7) is 1.11. The third-order valence-corrected chi connectivity index (χ3v) is 4.41. The third-order valence-electron chi connectivity index (χ3n) is 4.41. The van der Waals surface area contributed by atoms with Gasteiger partial charge in [-0.25, -0.2) is 4.98 Å². The first-order chi connectivity index (χ1) is 12.2. The Kier molecular flexibility index (Phi) is 4.11. The minimum atomic E-state index is -0.150. The maximum absolute atomic E-state index is 12.8. The average Bonchev–Trinajstić information content (AvgIpc) is 3.27. The highest BCUT2D eigenvalue weighted by Crippen LogP contribution is 2.21. The number of carbonyl (C=O) groups excluding carboxylic acids is 1. The molecule has 1 aromatic heterocycles. The summed E-state index contributed by atoms with van der Waals surface area (Å²) in [6.07, 6.45) is 0.838. The van der Waals surface area contributed by atoms with Gasteiger partial charge in [0, 0.05) is 18.5 Å². The Labute approximate surface area is 145 Å². The number of para-hydroxylation sites is 1. The normalized spacial score (nSPS) is 17.2. The molecule has 0 radical (unpaired) electrons. The molecule has 1 saturated heterocycles. The maximum atomic E-state index is 12.8. The number of hydrogen-bond donors (Lipinski definition) is 2. The lowest BCUT2D eigenvalue weighted by Gasteiger charge is -2.17. The van der Waals surface area contributed by atoms with Crippen molar-refractivity contribution in [2.75, 3.05) is 13.1 Å². The molecule has 1 aliphatic rings. The number of aromatic amines is 1. The van der Waals surface area contributed by atoms with Crippen molar-refractivity contribution in [1.82, 2.24) is 14.9 Å². The molecule has 0 bridgehead atoms. The average molecular weight is 337 g/mol. The molecule has 6 heteroatoms. The molecule has 1 atom stereocenters. The fraction of sp³-hybridized carbons (Fsp3) is 0.263. The zero-order valence-corrected chi connectivity index (χ0v) is 13.7. The Balaban J connectivity index is 1.46. The summed E-state index contributed by atoms with van der Waals surface area (Å²) < 4.78 is 5.94. The molecule has 1 fully saturated rings. The van der Waals surface area contributed by atoms with Crippen LogP contribution < -0.4 is 4.74 Å². The van der Waals surface area contributed by atoms with E-state index in [2.05, 4.69) is 9.97 Å². The number of aliphatic hydroxyl groups is 1. The molecule has 6 nitrogen and oxygen atoms in total. The molecule has 128 valence electrons. The molecule has 0 aliphatic carbocycles. The first kappa shape index (κ1) is 15.7. The van der Waals surface area contributed by atoms with Gasteiger partial charge in [-0.2, -0.15) is 0 Å². The number of nitrogens with zero attached hydrogens (tertiary/aromatic N) is 2. The van der Waals surface area contributed by atoms with Gasteiger partial charge >= 0.3 is 0 Å². The van der Waals surface area contributed by atoms with Crippen LogP contribution in [0, 0.1) is 0 Å². The number of amides is 1. The van der Waals surface area contributed by atoms with E-state index < -0.39 is 0 Å². The number of hydrogen-bond acceptors (Lipinski definition) is 4. The minimum Gasteiger partial charge on any atom is -0.489 e. The first-order valence-corrected chi connectivity index (χ1v) is 8.33. The Morgan fingerprint density at radius 3 is 2.92 bits per heavy atom. The van der Waals surface area contributed by atoms with Gasteiger partial charge < -0.3 is 19.7 Å². The molecule has 1 unspecified atom stereocenters. The molecule has 2 heterocycles. The van der Waals surface area contributed by atoms with Crippen molar-refractivity contribution in [1.29, 1.82) is 0 Å². The van der Waals surface area contributed by atoms with Crippen LogP contribution in [-0.2, 0) is 6.61 Å². The van der Waals surface area contributed by atoms with Gasteiger partial charge in [-0.15, -0.1) is 0 Å². The summed E-state index contributed by atoms with van der Waals surface area (Å²) in [5.41, 5.74) is 2.11. The van der Waals surface area contributed by atoms with Crippen molar-refractivity contribution in [3.8, 4) is 5.75 Å². The molecule has 0 spiro atoms. The fourth-order valence-corrected chi connectivity index (χ4v) is 3.15. The standard InChI is InChI=1S/C19H19N3O3/c23-12-18-20-16-7-6-13(10-17(16)21-18)19(24)22-9-8-15(11-22)25-14-4-2-1-3-5-14/h1-7,10,15,23H,8-9,11-12H2,(H,20,21). The van der Waals surface area contributed by atoms with Crippen LogP contribution in [0.1, 0.15) is 22.6 Å². The summed E-state index contributed by atoms with van der Waals surface area (Å²) in [5, 5.41) is 9.16. The SMILES string of the molecule is O=C(c1ccc2nc(CO)[nH]c2c1)N1CCC(Oc2ccccc2)C1. The number of carbonyl (C=O) groups is 1. The number of rotatable bonds is 4. The van der Waals surface area contributed by atoms with Crippen molar-refractivity contribution in [2.45, 2.75) is 19.1 Å². The van der Waals surface area contributed by atoms with Gasteiger partial charge in [-0.05, 0) is 30.3 Å². The quantitative estimate of drug-likeness (QED) is 0.766. The number of ether oxygens (including phenoxy) is 1. The van der Waals surface area contributed by atoms with Crippen LogP contribution in [0.3, 0.4) is 0 Å². The van der Waals surface area contributed by atoms with Gasteiger partial charge in [0.15, 0.2) is 0 Å². The van der Waals surface area contributed by atoms with E-state index in [0.717, 1.165) is 23.2 Å². The molecule has 0 saturated carbocycles. The van der Waals surface area contributed by atoms with Gasteiger partial charge in [-0.1, -0.05) is 18.2 Å². The molecule has 1 amide bonds. The van der Waals surface area contributed by atoms with Crippen molar-refractivity contribution in [2.24, 2.45) is 0 Å². The van der Waals surface area contributed by atoms with Crippen LogP contribution in [0.15, 0.2) is 48.5 Å². The van der Waals surface area contributed by atoms with Crippen molar-refractivity contribution in [3.63, 3.8) is 0 Å². The van der Waals surface area contributed by atoms with Crippen LogP contribution in [-0.4, -0.2) is 45.1 Å². The molecule has 4 rings (SSSR count). The Morgan fingerprint density at radius 1 is 1.28 bits per heavy atom. The molecule has 2 aromatic carbocycles. The number of benzene rings is 2. The summed E-state index contributed by atoms with van der Waals surface area (Å²) in [7, 11) is 0. The lowest BCUT2D eigenvalue weighted by molar-refractivity contribution is 0.0772. The van der Waals surface area contributed by atoms with Crippen LogP contribution in [0.2, 0.25) is 0 Å². The number of likely N-dealkylation sites (tertiary alicyclic amines) is 1. The van der Waals surface area contributed by atoms with Crippen molar-refractivity contribution < 1.29 is 14.6 Å². The van der Waals surface area contributed by atoms with E-state index in [0.29, 0.717) is 24.5 Å². The molecule has 2 N–H and O–H groups in total. The highest BCUT2D eigenvalue weighted by Gasteiger charge is 2.28. The molecule has 1 aliphatic heterocycles. The maximum Gasteiger partial charge on any atom is 0.254 e. The lowest BCUT2D eigenvalue weighted by atomic mass is 10.2. The van der Waals surface area contributed by atoms with E-state index in [-0.39, 0.29) is 18.6 Å². The number of aliphatic hydroxyl groups excluding tert-OH is 1. The third kappa shape index (κ3) is 3.21. The number of H-pyrrole nitrogens is 1. The zero-order chi connectivity index (χ0) is 17.2. The zero-order valence-electron chi connectivity index (χ0n) is 13.7.